The van der Waals surface area contributed by atoms with Crippen molar-refractivity contribution < 1.29 is 5.11 Å². The molecule has 17 heavy (non-hydrogen) atoms. The lowest BCUT2D eigenvalue weighted by atomic mass is 9.86. The summed E-state index contributed by atoms with van der Waals surface area (Å²) in [5.74, 6) is 0. The highest BCUT2D eigenvalue weighted by Gasteiger charge is 2.34. The van der Waals surface area contributed by atoms with Gasteiger partial charge in [0.05, 0.1) is 0 Å². The van der Waals surface area contributed by atoms with Crippen molar-refractivity contribution in [1.82, 2.24) is 9.80 Å². The van der Waals surface area contributed by atoms with Crippen LogP contribution in [-0.2, 0) is 0 Å². The molecule has 0 unspecified atom stereocenters. The summed E-state index contributed by atoms with van der Waals surface area (Å²) in [6, 6.07) is 0. The third-order valence-corrected chi connectivity index (χ3v) is 4.09. The van der Waals surface area contributed by atoms with Gasteiger partial charge in [-0.2, -0.15) is 0 Å². The molecule has 0 aromatic heterocycles. The van der Waals surface area contributed by atoms with Gasteiger partial charge in [0.2, 0.25) is 0 Å². The first-order valence-corrected chi connectivity index (χ1v) is 7.10. The zero-order valence-corrected chi connectivity index (χ0v) is 11.9. The second-order valence-corrected chi connectivity index (χ2v) is 5.89. The Morgan fingerprint density at radius 2 is 1.76 bits per heavy atom. The predicted molar refractivity (Wildman–Crippen MR) is 73.3 cm³/mol. The van der Waals surface area contributed by atoms with Crippen LogP contribution in [0.1, 0.15) is 39.0 Å². The largest absolute Gasteiger partial charge is 0.396 e. The normalized spacial score (nSPS) is 19.4. The quantitative estimate of drug-likeness (QED) is 0.703. The summed E-state index contributed by atoms with van der Waals surface area (Å²) in [6.07, 6.45) is 6.26. The summed E-state index contributed by atoms with van der Waals surface area (Å²) in [6.45, 7) is 7.12. The molecule has 1 rings (SSSR count). The van der Waals surface area contributed by atoms with Crippen molar-refractivity contribution >= 4 is 0 Å². The van der Waals surface area contributed by atoms with Crippen LogP contribution in [0.3, 0.4) is 0 Å². The van der Waals surface area contributed by atoms with Crippen molar-refractivity contribution in [3.8, 4) is 0 Å². The van der Waals surface area contributed by atoms with Crippen LogP contribution >= 0.6 is 0 Å². The molecule has 0 amide bonds. The van der Waals surface area contributed by atoms with Crippen molar-refractivity contribution in [1.29, 1.82) is 0 Å². The van der Waals surface area contributed by atoms with Crippen LogP contribution in [0.15, 0.2) is 0 Å². The number of nitrogens with zero attached hydrogens (tertiary/aromatic N) is 2. The van der Waals surface area contributed by atoms with E-state index < -0.39 is 0 Å². The van der Waals surface area contributed by atoms with Gasteiger partial charge in [0.25, 0.3) is 0 Å². The lowest BCUT2D eigenvalue weighted by Gasteiger charge is -2.33. The molecule has 102 valence electrons. The maximum atomic E-state index is 9.64. The molecule has 0 aromatic rings. The zero-order valence-electron chi connectivity index (χ0n) is 11.9. The van der Waals surface area contributed by atoms with Crippen LogP contribution in [0.5, 0.6) is 0 Å². The van der Waals surface area contributed by atoms with Gasteiger partial charge in [0, 0.05) is 18.6 Å². The molecule has 0 atom stereocenters. The first-order valence-electron chi connectivity index (χ1n) is 7.10. The summed E-state index contributed by atoms with van der Waals surface area (Å²) < 4.78 is 0. The Labute approximate surface area is 107 Å². The standard InChI is InChI=1S/C14H30N2O/c1-4-16(11-7-10-15(2)3)12-14(13-17)8-5-6-9-14/h17H,4-13H2,1-3H3. The Morgan fingerprint density at radius 3 is 2.24 bits per heavy atom. The molecule has 1 saturated carbocycles. The van der Waals surface area contributed by atoms with Gasteiger partial charge in [-0.3, -0.25) is 0 Å². The van der Waals surface area contributed by atoms with Crippen molar-refractivity contribution in [2.45, 2.75) is 39.0 Å². The maximum Gasteiger partial charge on any atom is 0.0499 e. The highest BCUT2D eigenvalue weighted by atomic mass is 16.3. The zero-order chi connectivity index (χ0) is 12.7. The number of hydrogen-bond acceptors (Lipinski definition) is 3. The lowest BCUT2D eigenvalue weighted by molar-refractivity contribution is 0.0791. The van der Waals surface area contributed by atoms with Gasteiger partial charge in [0.1, 0.15) is 0 Å². The van der Waals surface area contributed by atoms with Crippen LogP contribution < -0.4 is 0 Å². The highest BCUT2D eigenvalue weighted by molar-refractivity contribution is 4.86. The fraction of sp³-hybridized carbons (Fsp3) is 1.00. The van der Waals surface area contributed by atoms with Crippen LogP contribution in [0.25, 0.3) is 0 Å². The molecule has 1 aliphatic carbocycles. The van der Waals surface area contributed by atoms with Crippen LogP contribution in [0, 0.1) is 5.41 Å². The molecule has 0 spiro atoms. The summed E-state index contributed by atoms with van der Waals surface area (Å²) >= 11 is 0. The molecule has 1 aliphatic rings. The molecule has 1 N–H and O–H groups in total. The summed E-state index contributed by atoms with van der Waals surface area (Å²) in [5.41, 5.74) is 0.216. The Hall–Kier alpha value is -0.120. The molecule has 3 nitrogen and oxygen atoms in total. The van der Waals surface area contributed by atoms with Gasteiger partial charge in [-0.25, -0.2) is 0 Å². The fourth-order valence-corrected chi connectivity index (χ4v) is 2.93. The van der Waals surface area contributed by atoms with Crippen LogP contribution in [0.2, 0.25) is 0 Å². The van der Waals surface area contributed by atoms with Gasteiger partial charge >= 0.3 is 0 Å². The molecule has 3 heteroatoms. The first-order chi connectivity index (χ1) is 8.12. The second-order valence-electron chi connectivity index (χ2n) is 5.89. The molecule has 0 heterocycles. The lowest BCUT2D eigenvalue weighted by Crippen LogP contribution is -2.39. The van der Waals surface area contributed by atoms with Crippen molar-refractivity contribution in [2.24, 2.45) is 5.41 Å². The van der Waals surface area contributed by atoms with Gasteiger partial charge < -0.3 is 14.9 Å². The van der Waals surface area contributed by atoms with Crippen molar-refractivity contribution in [3.05, 3.63) is 0 Å². The van der Waals surface area contributed by atoms with E-state index in [9.17, 15) is 5.11 Å². The highest BCUT2D eigenvalue weighted by Crippen LogP contribution is 2.38. The molecular weight excluding hydrogens is 212 g/mol. The minimum Gasteiger partial charge on any atom is -0.396 e. The smallest absolute Gasteiger partial charge is 0.0499 e. The maximum absolute atomic E-state index is 9.64. The van der Waals surface area contributed by atoms with E-state index in [2.05, 4.69) is 30.8 Å². The van der Waals surface area contributed by atoms with Crippen LogP contribution in [0.4, 0.5) is 0 Å². The van der Waals surface area contributed by atoms with E-state index in [0.29, 0.717) is 6.61 Å². The Balaban J connectivity index is 2.34. The number of aliphatic hydroxyl groups excluding tert-OH is 1. The molecular formula is C14H30N2O. The Kier molecular flexibility index (Phi) is 6.45. The first kappa shape index (κ1) is 14.9. The average molecular weight is 242 g/mol. The third-order valence-electron chi connectivity index (χ3n) is 4.09. The third kappa shape index (κ3) is 4.94. The van der Waals surface area contributed by atoms with Crippen LogP contribution in [-0.4, -0.2) is 61.8 Å². The molecule has 0 bridgehead atoms. The SMILES string of the molecule is CCN(CCCN(C)C)CC1(CO)CCCC1. The fourth-order valence-electron chi connectivity index (χ4n) is 2.93. The number of aliphatic hydroxyl groups is 1. The minimum absolute atomic E-state index is 0.216. The Morgan fingerprint density at radius 1 is 1.12 bits per heavy atom. The van der Waals surface area contributed by atoms with E-state index in [1.165, 1.54) is 32.1 Å². The summed E-state index contributed by atoms with van der Waals surface area (Å²) in [5, 5.41) is 9.64. The van der Waals surface area contributed by atoms with Gasteiger partial charge in [-0.05, 0) is 53.0 Å². The van der Waals surface area contributed by atoms with E-state index in [-0.39, 0.29) is 5.41 Å². The molecule has 0 radical (unpaired) electrons. The Bertz CT molecular complexity index is 200. The minimum atomic E-state index is 0.216. The van der Waals surface area contributed by atoms with Gasteiger partial charge in [-0.1, -0.05) is 19.8 Å². The van der Waals surface area contributed by atoms with Gasteiger partial charge in [0.15, 0.2) is 0 Å². The monoisotopic (exact) mass is 242 g/mol. The second kappa shape index (κ2) is 7.34. The number of hydrogen-bond donors (Lipinski definition) is 1. The summed E-state index contributed by atoms with van der Waals surface area (Å²) in [4.78, 5) is 4.76. The van der Waals surface area contributed by atoms with Crippen molar-refractivity contribution in [3.63, 3.8) is 0 Å². The molecule has 0 aromatic carbocycles. The molecule has 1 fully saturated rings. The molecule has 0 aliphatic heterocycles. The van der Waals surface area contributed by atoms with E-state index >= 15 is 0 Å². The van der Waals surface area contributed by atoms with E-state index in [1.54, 1.807) is 0 Å². The van der Waals surface area contributed by atoms with E-state index in [1.807, 2.05) is 0 Å². The number of rotatable bonds is 8. The van der Waals surface area contributed by atoms with Crippen molar-refractivity contribution in [2.75, 3.05) is 46.9 Å². The summed E-state index contributed by atoms with van der Waals surface area (Å²) in [7, 11) is 4.25. The predicted octanol–water partition coefficient (Wildman–Crippen LogP) is 1.81. The molecule has 0 saturated heterocycles. The average Bonchev–Trinajstić information content (AvgIpc) is 2.76. The van der Waals surface area contributed by atoms with Gasteiger partial charge in [-0.15, -0.1) is 0 Å². The topological polar surface area (TPSA) is 26.7 Å². The van der Waals surface area contributed by atoms with E-state index in [0.717, 1.165) is 26.2 Å². The van der Waals surface area contributed by atoms with E-state index in [4.69, 9.17) is 0 Å².